The van der Waals surface area contributed by atoms with Gasteiger partial charge in [0.15, 0.2) is 0 Å². The number of ketones is 1. The zero-order valence-electron chi connectivity index (χ0n) is 21.3. The predicted octanol–water partition coefficient (Wildman–Crippen LogP) is -1.12. The van der Waals surface area contributed by atoms with Gasteiger partial charge in [0.1, 0.15) is 25.0 Å². The summed E-state index contributed by atoms with van der Waals surface area (Å²) in [6.07, 6.45) is 1.83. The van der Waals surface area contributed by atoms with Gasteiger partial charge in [-0.15, -0.1) is 0 Å². The number of hydrogen-bond acceptors (Lipinski definition) is 9. The monoisotopic (exact) mass is 504 g/mol. The van der Waals surface area contributed by atoms with Crippen molar-refractivity contribution in [3.63, 3.8) is 0 Å². The molecule has 0 aromatic carbocycles. The SMILES string of the molecule is CCOCC(=O)NCCOCCOCC(=O)NCCCC[C@H](CC)C(=O)CN[C@H](C(N)=O)[C@@H](C)O. The Hall–Kier alpha value is -2.12. The molecule has 0 aromatic rings. The molecule has 0 bridgehead atoms. The molecule has 0 unspecified atom stereocenters. The van der Waals surface area contributed by atoms with Crippen LogP contribution in [0, 0.1) is 5.92 Å². The number of Topliss-reactive ketones (excluding diaryl/α,β-unsaturated/α-hetero) is 1. The Morgan fingerprint density at radius 1 is 0.886 bits per heavy atom. The molecule has 0 aliphatic carbocycles. The van der Waals surface area contributed by atoms with E-state index >= 15 is 0 Å². The lowest BCUT2D eigenvalue weighted by Crippen LogP contribution is -2.50. The van der Waals surface area contributed by atoms with Crippen LogP contribution in [0.5, 0.6) is 0 Å². The first-order valence-electron chi connectivity index (χ1n) is 12.2. The Bertz CT molecular complexity index is 618. The van der Waals surface area contributed by atoms with E-state index in [0.717, 1.165) is 12.8 Å². The molecule has 204 valence electrons. The van der Waals surface area contributed by atoms with Crippen LogP contribution in [0.1, 0.15) is 46.5 Å². The van der Waals surface area contributed by atoms with Crippen molar-refractivity contribution in [2.24, 2.45) is 11.7 Å². The number of carbonyl (C=O) groups excluding carboxylic acids is 4. The fourth-order valence-corrected chi connectivity index (χ4v) is 3.14. The minimum Gasteiger partial charge on any atom is -0.391 e. The highest BCUT2D eigenvalue weighted by molar-refractivity contribution is 5.85. The summed E-state index contributed by atoms with van der Waals surface area (Å²) in [5, 5.41) is 17.7. The first kappa shape index (κ1) is 32.9. The van der Waals surface area contributed by atoms with Crippen LogP contribution in [0.3, 0.4) is 0 Å². The summed E-state index contributed by atoms with van der Waals surface area (Å²) in [4.78, 5) is 46.8. The minimum absolute atomic E-state index is 0.0304. The number of carbonyl (C=O) groups is 4. The number of rotatable bonds is 23. The molecular formula is C23H44N4O8. The third-order valence-corrected chi connectivity index (χ3v) is 5.15. The normalized spacial score (nSPS) is 13.6. The van der Waals surface area contributed by atoms with Gasteiger partial charge < -0.3 is 35.7 Å². The van der Waals surface area contributed by atoms with Crippen LogP contribution >= 0.6 is 0 Å². The molecule has 35 heavy (non-hydrogen) atoms. The van der Waals surface area contributed by atoms with E-state index < -0.39 is 18.1 Å². The van der Waals surface area contributed by atoms with Gasteiger partial charge in [-0.05, 0) is 33.1 Å². The maximum atomic E-state index is 12.4. The zero-order chi connectivity index (χ0) is 26.5. The Labute approximate surface area is 208 Å². The molecule has 0 heterocycles. The van der Waals surface area contributed by atoms with Crippen molar-refractivity contribution in [3.8, 4) is 0 Å². The van der Waals surface area contributed by atoms with Crippen molar-refractivity contribution in [2.75, 3.05) is 59.3 Å². The van der Waals surface area contributed by atoms with Crippen LogP contribution in [0.25, 0.3) is 0 Å². The topological polar surface area (TPSA) is 178 Å². The summed E-state index contributed by atoms with van der Waals surface area (Å²) in [7, 11) is 0. The molecule has 12 nitrogen and oxygen atoms in total. The zero-order valence-corrected chi connectivity index (χ0v) is 21.3. The Balaban J connectivity index is 3.77. The minimum atomic E-state index is -0.981. The van der Waals surface area contributed by atoms with Gasteiger partial charge in [-0.3, -0.25) is 24.5 Å². The highest BCUT2D eigenvalue weighted by Crippen LogP contribution is 2.13. The number of nitrogens with two attached hydrogens (primary N) is 1. The smallest absolute Gasteiger partial charge is 0.246 e. The van der Waals surface area contributed by atoms with E-state index in [1.807, 2.05) is 13.8 Å². The summed E-state index contributed by atoms with van der Waals surface area (Å²) < 4.78 is 15.5. The molecule has 6 N–H and O–H groups in total. The number of aliphatic hydroxyl groups is 1. The first-order chi connectivity index (χ1) is 16.7. The van der Waals surface area contributed by atoms with Gasteiger partial charge in [0.25, 0.3) is 0 Å². The first-order valence-corrected chi connectivity index (χ1v) is 12.2. The van der Waals surface area contributed by atoms with Gasteiger partial charge in [-0.2, -0.15) is 0 Å². The second-order valence-corrected chi connectivity index (χ2v) is 8.07. The van der Waals surface area contributed by atoms with Gasteiger partial charge in [0.2, 0.25) is 17.7 Å². The maximum absolute atomic E-state index is 12.4. The number of aliphatic hydroxyl groups excluding tert-OH is 1. The van der Waals surface area contributed by atoms with Crippen molar-refractivity contribution in [2.45, 2.75) is 58.6 Å². The third kappa shape index (κ3) is 17.9. The second-order valence-electron chi connectivity index (χ2n) is 8.07. The Kier molecular flexibility index (Phi) is 19.9. The molecular weight excluding hydrogens is 460 g/mol. The highest BCUT2D eigenvalue weighted by atomic mass is 16.5. The molecule has 0 aromatic heterocycles. The lowest BCUT2D eigenvalue weighted by atomic mass is 9.94. The van der Waals surface area contributed by atoms with E-state index in [-0.39, 0.29) is 49.9 Å². The lowest BCUT2D eigenvalue weighted by Gasteiger charge is -2.20. The van der Waals surface area contributed by atoms with E-state index in [1.165, 1.54) is 6.92 Å². The summed E-state index contributed by atoms with van der Waals surface area (Å²) in [5.74, 6) is -1.32. The molecule has 0 spiro atoms. The van der Waals surface area contributed by atoms with Gasteiger partial charge in [-0.1, -0.05) is 13.3 Å². The van der Waals surface area contributed by atoms with Crippen molar-refractivity contribution in [1.82, 2.24) is 16.0 Å². The second kappa shape index (κ2) is 21.2. The molecule has 0 radical (unpaired) electrons. The summed E-state index contributed by atoms with van der Waals surface area (Å²) in [5.41, 5.74) is 5.22. The fraction of sp³-hybridized carbons (Fsp3) is 0.826. The Morgan fingerprint density at radius 2 is 1.51 bits per heavy atom. The molecule has 12 heteroatoms. The van der Waals surface area contributed by atoms with Crippen molar-refractivity contribution < 1.29 is 38.5 Å². The molecule has 0 aliphatic heterocycles. The maximum Gasteiger partial charge on any atom is 0.246 e. The highest BCUT2D eigenvalue weighted by Gasteiger charge is 2.23. The van der Waals surface area contributed by atoms with Crippen LogP contribution in [-0.2, 0) is 33.4 Å². The molecule has 0 saturated carbocycles. The van der Waals surface area contributed by atoms with E-state index in [2.05, 4.69) is 16.0 Å². The molecule has 3 atom stereocenters. The lowest BCUT2D eigenvalue weighted by molar-refractivity contribution is -0.127. The van der Waals surface area contributed by atoms with E-state index in [9.17, 15) is 24.3 Å². The van der Waals surface area contributed by atoms with Crippen LogP contribution < -0.4 is 21.7 Å². The van der Waals surface area contributed by atoms with Gasteiger partial charge in [0, 0.05) is 25.6 Å². The Morgan fingerprint density at radius 3 is 2.11 bits per heavy atom. The largest absolute Gasteiger partial charge is 0.391 e. The number of hydrogen-bond donors (Lipinski definition) is 5. The number of ether oxygens (including phenoxy) is 3. The van der Waals surface area contributed by atoms with Crippen LogP contribution in [0.15, 0.2) is 0 Å². The molecule has 0 rings (SSSR count). The average molecular weight is 505 g/mol. The summed E-state index contributed by atoms with van der Waals surface area (Å²) in [6, 6.07) is -0.959. The third-order valence-electron chi connectivity index (χ3n) is 5.15. The summed E-state index contributed by atoms with van der Waals surface area (Å²) in [6.45, 7) is 7.38. The van der Waals surface area contributed by atoms with Gasteiger partial charge in [0.05, 0.1) is 32.5 Å². The number of amides is 3. The van der Waals surface area contributed by atoms with Crippen molar-refractivity contribution in [3.05, 3.63) is 0 Å². The average Bonchev–Trinajstić information content (AvgIpc) is 2.81. The standard InChI is InChI=1S/C23H44N4O8/c1-4-18(19(29)14-27-22(17(3)28)23(24)32)8-6-7-9-25-21(31)16-35-13-12-34-11-10-26-20(30)15-33-5-2/h17-18,22,27-28H,4-16H2,1-3H3,(H2,24,32)(H,25,31)(H,26,30)/t17-,18+,22+/m1/s1. The van der Waals surface area contributed by atoms with Gasteiger partial charge in [-0.25, -0.2) is 0 Å². The summed E-state index contributed by atoms with van der Waals surface area (Å²) >= 11 is 0. The molecule has 0 aliphatic rings. The number of primary amides is 1. The van der Waals surface area contributed by atoms with Crippen molar-refractivity contribution >= 4 is 23.5 Å². The van der Waals surface area contributed by atoms with E-state index in [4.69, 9.17) is 19.9 Å². The van der Waals surface area contributed by atoms with Crippen LogP contribution in [0.4, 0.5) is 0 Å². The number of nitrogens with one attached hydrogen (secondary N) is 3. The van der Waals surface area contributed by atoms with Crippen LogP contribution in [0.2, 0.25) is 0 Å². The van der Waals surface area contributed by atoms with E-state index in [0.29, 0.717) is 45.8 Å². The quantitative estimate of drug-likeness (QED) is 0.108. The van der Waals surface area contributed by atoms with E-state index in [1.54, 1.807) is 0 Å². The fourth-order valence-electron chi connectivity index (χ4n) is 3.14. The molecule has 3 amide bonds. The molecule has 0 saturated heterocycles. The van der Waals surface area contributed by atoms with Crippen molar-refractivity contribution in [1.29, 1.82) is 0 Å². The van der Waals surface area contributed by atoms with Crippen LogP contribution in [-0.4, -0.2) is 100 Å². The number of unbranched alkanes of at least 4 members (excludes halogenated alkanes) is 1. The predicted molar refractivity (Wildman–Crippen MR) is 129 cm³/mol. The van der Waals surface area contributed by atoms with Gasteiger partial charge >= 0.3 is 0 Å². The molecule has 0 fully saturated rings.